The van der Waals surface area contributed by atoms with Gasteiger partial charge in [-0.1, -0.05) is 17.7 Å². The Morgan fingerprint density at radius 3 is 2.70 bits per heavy atom. The lowest BCUT2D eigenvalue weighted by Crippen LogP contribution is -2.47. The van der Waals surface area contributed by atoms with Crippen molar-refractivity contribution in [2.24, 2.45) is 0 Å². The zero-order valence-corrected chi connectivity index (χ0v) is 13.7. The first-order chi connectivity index (χ1) is 10.7. The lowest BCUT2D eigenvalue weighted by atomic mass is 9.72. The third-order valence-corrected chi connectivity index (χ3v) is 4.84. The van der Waals surface area contributed by atoms with Crippen molar-refractivity contribution >= 4 is 11.6 Å². The van der Waals surface area contributed by atoms with Crippen molar-refractivity contribution in [1.82, 2.24) is 10.6 Å². The summed E-state index contributed by atoms with van der Waals surface area (Å²) in [4.78, 5) is 0. The molecule has 0 aliphatic carbocycles. The van der Waals surface area contributed by atoms with Crippen molar-refractivity contribution in [1.29, 1.82) is 0 Å². The Kier molecular flexibility index (Phi) is 5.92. The van der Waals surface area contributed by atoms with Crippen LogP contribution in [0, 0.1) is 5.82 Å². The van der Waals surface area contributed by atoms with Gasteiger partial charge in [-0.05, 0) is 57.0 Å². The molecule has 0 saturated carbocycles. The minimum atomic E-state index is -4.25. The van der Waals surface area contributed by atoms with Crippen LogP contribution >= 0.6 is 11.6 Å². The summed E-state index contributed by atoms with van der Waals surface area (Å²) in [6.07, 6.45) is -1.96. The second kappa shape index (κ2) is 7.36. The summed E-state index contributed by atoms with van der Waals surface area (Å²) < 4.78 is 51.2. The molecule has 7 heteroatoms. The summed E-state index contributed by atoms with van der Waals surface area (Å²) in [5.74, 6) is -0.488. The number of halogens is 5. The number of alkyl halides is 3. The molecular formula is C16H21ClF4N2. The molecule has 23 heavy (non-hydrogen) atoms. The molecule has 1 fully saturated rings. The van der Waals surface area contributed by atoms with E-state index in [1.807, 2.05) is 0 Å². The fourth-order valence-electron chi connectivity index (χ4n) is 3.04. The van der Waals surface area contributed by atoms with Crippen LogP contribution in [0.4, 0.5) is 17.6 Å². The molecule has 0 amide bonds. The second-order valence-corrected chi connectivity index (χ2v) is 6.56. The third kappa shape index (κ3) is 4.58. The van der Waals surface area contributed by atoms with Gasteiger partial charge in [-0.15, -0.1) is 0 Å². The van der Waals surface area contributed by atoms with Crippen molar-refractivity contribution in [2.45, 2.75) is 43.8 Å². The van der Waals surface area contributed by atoms with Gasteiger partial charge in [0, 0.05) is 12.0 Å². The summed E-state index contributed by atoms with van der Waals surface area (Å²) in [6.45, 7) is 2.87. The number of nitrogens with one attached hydrogen (secondary N) is 2. The van der Waals surface area contributed by atoms with Crippen LogP contribution in [0.15, 0.2) is 18.2 Å². The van der Waals surface area contributed by atoms with E-state index in [1.165, 1.54) is 6.07 Å². The third-order valence-electron chi connectivity index (χ3n) is 4.55. The van der Waals surface area contributed by atoms with Gasteiger partial charge in [-0.2, -0.15) is 13.2 Å². The average Bonchev–Trinajstić information content (AvgIpc) is 2.50. The Labute approximate surface area is 138 Å². The van der Waals surface area contributed by atoms with Crippen LogP contribution in [0.2, 0.25) is 5.02 Å². The van der Waals surface area contributed by atoms with Gasteiger partial charge >= 0.3 is 6.18 Å². The van der Waals surface area contributed by atoms with Gasteiger partial charge in [0.2, 0.25) is 0 Å². The molecule has 2 rings (SSSR count). The van der Waals surface area contributed by atoms with E-state index in [0.29, 0.717) is 13.0 Å². The Morgan fingerprint density at radius 2 is 2.13 bits per heavy atom. The number of rotatable bonds is 5. The standard InChI is InChI=1S/C16H21ClF4N2/c1-11(16(19,20)21)23-8-6-15(5-2-7-22-10-15)12-3-4-14(18)13(17)9-12/h3-4,9,11,22-23H,2,5-8,10H2,1H3/t11-,15+/m0/s1. The van der Waals surface area contributed by atoms with E-state index < -0.39 is 18.0 Å². The zero-order chi connectivity index (χ0) is 17.1. The monoisotopic (exact) mass is 352 g/mol. The fraction of sp³-hybridized carbons (Fsp3) is 0.625. The van der Waals surface area contributed by atoms with E-state index >= 15 is 0 Å². The molecule has 0 radical (unpaired) electrons. The maximum atomic E-state index is 13.4. The van der Waals surface area contributed by atoms with Gasteiger partial charge in [0.05, 0.1) is 5.02 Å². The van der Waals surface area contributed by atoms with Gasteiger partial charge in [0.25, 0.3) is 0 Å². The summed E-state index contributed by atoms with van der Waals surface area (Å²) in [5.41, 5.74) is 0.547. The minimum absolute atomic E-state index is 0.0454. The molecule has 130 valence electrons. The molecule has 2 nitrogen and oxygen atoms in total. The van der Waals surface area contributed by atoms with E-state index in [2.05, 4.69) is 10.6 Å². The topological polar surface area (TPSA) is 24.1 Å². The van der Waals surface area contributed by atoms with Crippen LogP contribution in [0.3, 0.4) is 0 Å². The smallest absolute Gasteiger partial charge is 0.316 e. The fourth-order valence-corrected chi connectivity index (χ4v) is 3.22. The molecule has 1 saturated heterocycles. The van der Waals surface area contributed by atoms with Gasteiger partial charge < -0.3 is 10.6 Å². The molecular weight excluding hydrogens is 332 g/mol. The van der Waals surface area contributed by atoms with Crippen molar-refractivity contribution in [3.63, 3.8) is 0 Å². The predicted molar refractivity (Wildman–Crippen MR) is 83.3 cm³/mol. The summed E-state index contributed by atoms with van der Waals surface area (Å²) >= 11 is 5.88. The molecule has 1 aromatic carbocycles. The number of hydrogen-bond donors (Lipinski definition) is 2. The first-order valence-corrected chi connectivity index (χ1v) is 8.09. The predicted octanol–water partition coefficient (Wildman–Crippen LogP) is 4.03. The van der Waals surface area contributed by atoms with Crippen molar-refractivity contribution in [3.05, 3.63) is 34.6 Å². The zero-order valence-electron chi connectivity index (χ0n) is 12.9. The van der Waals surface area contributed by atoms with Crippen molar-refractivity contribution < 1.29 is 17.6 Å². The highest BCUT2D eigenvalue weighted by atomic mass is 35.5. The Hall–Kier alpha value is -0.850. The molecule has 0 aromatic heterocycles. The van der Waals surface area contributed by atoms with Crippen LogP contribution in [0.1, 0.15) is 31.7 Å². The highest BCUT2D eigenvalue weighted by Gasteiger charge is 2.37. The van der Waals surface area contributed by atoms with Crippen LogP contribution in [-0.2, 0) is 5.41 Å². The number of benzene rings is 1. The van der Waals surface area contributed by atoms with Crippen LogP contribution in [-0.4, -0.2) is 31.9 Å². The SMILES string of the molecule is C[C@H](NCC[C@]1(c2ccc(F)c(Cl)c2)CCCNC1)C(F)(F)F. The summed E-state index contributed by atoms with van der Waals surface area (Å²) in [6, 6.07) is 3.05. The normalized spacial score (nSPS) is 23.7. The molecule has 1 heterocycles. The average molecular weight is 353 g/mol. The molecule has 0 bridgehead atoms. The molecule has 1 aliphatic rings. The van der Waals surface area contributed by atoms with Gasteiger partial charge in [0.15, 0.2) is 0 Å². The maximum absolute atomic E-state index is 13.4. The summed E-state index contributed by atoms with van der Waals surface area (Å²) in [7, 11) is 0. The first-order valence-electron chi connectivity index (χ1n) is 7.71. The van der Waals surface area contributed by atoms with Crippen LogP contribution in [0.5, 0.6) is 0 Å². The largest absolute Gasteiger partial charge is 0.403 e. The highest BCUT2D eigenvalue weighted by molar-refractivity contribution is 6.30. The Bertz CT molecular complexity index is 527. The first kappa shape index (κ1) is 18.5. The van der Waals surface area contributed by atoms with Crippen molar-refractivity contribution in [3.8, 4) is 0 Å². The van der Waals surface area contributed by atoms with Crippen LogP contribution in [0.25, 0.3) is 0 Å². The second-order valence-electron chi connectivity index (χ2n) is 6.16. The highest BCUT2D eigenvalue weighted by Crippen LogP contribution is 2.36. The van der Waals surface area contributed by atoms with Crippen LogP contribution < -0.4 is 10.6 Å². The summed E-state index contributed by atoms with van der Waals surface area (Å²) in [5, 5.41) is 5.87. The number of hydrogen-bond acceptors (Lipinski definition) is 2. The molecule has 0 unspecified atom stereocenters. The van der Waals surface area contributed by atoms with E-state index in [-0.39, 0.29) is 17.0 Å². The van der Waals surface area contributed by atoms with E-state index in [1.54, 1.807) is 12.1 Å². The lowest BCUT2D eigenvalue weighted by molar-refractivity contribution is -0.151. The Balaban J connectivity index is 2.11. The minimum Gasteiger partial charge on any atom is -0.316 e. The molecule has 2 N–H and O–H groups in total. The van der Waals surface area contributed by atoms with E-state index in [4.69, 9.17) is 11.6 Å². The molecule has 1 aliphatic heterocycles. The van der Waals surface area contributed by atoms with E-state index in [9.17, 15) is 17.6 Å². The van der Waals surface area contributed by atoms with Gasteiger partial charge in [-0.25, -0.2) is 4.39 Å². The molecule has 2 atom stereocenters. The lowest BCUT2D eigenvalue weighted by Gasteiger charge is -2.39. The maximum Gasteiger partial charge on any atom is 0.403 e. The van der Waals surface area contributed by atoms with Gasteiger partial charge in [-0.3, -0.25) is 0 Å². The van der Waals surface area contributed by atoms with Gasteiger partial charge in [0.1, 0.15) is 11.9 Å². The van der Waals surface area contributed by atoms with Crippen molar-refractivity contribution in [2.75, 3.05) is 19.6 Å². The van der Waals surface area contributed by atoms with E-state index in [0.717, 1.165) is 31.9 Å². The molecule has 1 aromatic rings. The molecule has 0 spiro atoms. The Morgan fingerprint density at radius 1 is 1.39 bits per heavy atom. The quantitative estimate of drug-likeness (QED) is 0.782. The number of piperidine rings is 1.